The minimum atomic E-state index is 0.191. The van der Waals surface area contributed by atoms with E-state index in [-0.39, 0.29) is 6.04 Å². The summed E-state index contributed by atoms with van der Waals surface area (Å²) in [5.74, 6) is 1.86. The molecule has 0 radical (unpaired) electrons. The van der Waals surface area contributed by atoms with Crippen molar-refractivity contribution in [3.63, 3.8) is 0 Å². The van der Waals surface area contributed by atoms with Crippen LogP contribution in [0.2, 0.25) is 0 Å². The van der Waals surface area contributed by atoms with E-state index in [4.69, 9.17) is 15.9 Å². The summed E-state index contributed by atoms with van der Waals surface area (Å²) in [4.78, 5) is 0. The van der Waals surface area contributed by atoms with Crippen LogP contribution in [-0.4, -0.2) is 18.9 Å². The van der Waals surface area contributed by atoms with Crippen molar-refractivity contribution in [2.75, 3.05) is 6.61 Å². The van der Waals surface area contributed by atoms with Crippen molar-refractivity contribution in [3.05, 3.63) is 11.8 Å². The fourth-order valence-corrected chi connectivity index (χ4v) is 1.17. The molecule has 0 aromatic rings. The zero-order chi connectivity index (χ0) is 11.3. The molecule has 0 aromatic heterocycles. The Hall–Kier alpha value is -0.830. The molecule has 1 aliphatic rings. The number of nitrogens with two attached hydrogens (primary N) is 1. The van der Waals surface area contributed by atoms with Gasteiger partial charge in [-0.15, -0.1) is 0 Å². The van der Waals surface area contributed by atoms with E-state index < -0.39 is 0 Å². The Morgan fingerprint density at radius 2 is 2.20 bits per heavy atom. The van der Waals surface area contributed by atoms with Crippen molar-refractivity contribution >= 4 is 6.21 Å². The molecule has 1 aliphatic carbocycles. The molecule has 0 heterocycles. The summed E-state index contributed by atoms with van der Waals surface area (Å²) >= 11 is 0. The molecule has 2 unspecified atom stereocenters. The molecular weight excluding hydrogens is 188 g/mol. The Labute approximate surface area is 92.2 Å². The molecule has 0 amide bonds. The highest BCUT2D eigenvalue weighted by atomic mass is 16.5. The molecule has 0 bridgehead atoms. The maximum absolute atomic E-state index is 7.23. The largest absolute Gasteiger partial charge is 0.492 e. The van der Waals surface area contributed by atoms with Gasteiger partial charge in [0.25, 0.3) is 0 Å². The average molecular weight is 210 g/mol. The van der Waals surface area contributed by atoms with Crippen LogP contribution in [0.5, 0.6) is 0 Å². The highest BCUT2D eigenvalue weighted by Crippen LogP contribution is 2.29. The van der Waals surface area contributed by atoms with Crippen LogP contribution in [0, 0.1) is 17.2 Å². The van der Waals surface area contributed by atoms with Gasteiger partial charge in [0.2, 0.25) is 0 Å². The second-order valence-corrected chi connectivity index (χ2v) is 4.58. The third-order valence-electron chi connectivity index (χ3n) is 2.91. The molecule has 3 nitrogen and oxygen atoms in total. The first kappa shape index (κ1) is 12.2. The molecule has 3 N–H and O–H groups in total. The van der Waals surface area contributed by atoms with Crippen molar-refractivity contribution in [2.45, 2.75) is 39.2 Å². The van der Waals surface area contributed by atoms with Gasteiger partial charge in [-0.1, -0.05) is 6.92 Å². The fraction of sp³-hybridized carbons (Fsp3) is 0.750. The van der Waals surface area contributed by atoms with Gasteiger partial charge < -0.3 is 15.9 Å². The van der Waals surface area contributed by atoms with Gasteiger partial charge in [-0.05, 0) is 44.1 Å². The van der Waals surface area contributed by atoms with E-state index in [9.17, 15) is 0 Å². The first-order valence-corrected chi connectivity index (χ1v) is 5.72. The Morgan fingerprint density at radius 1 is 1.53 bits per heavy atom. The van der Waals surface area contributed by atoms with Crippen LogP contribution in [0.1, 0.15) is 33.1 Å². The van der Waals surface area contributed by atoms with E-state index >= 15 is 0 Å². The van der Waals surface area contributed by atoms with Crippen LogP contribution in [-0.2, 0) is 4.74 Å². The summed E-state index contributed by atoms with van der Waals surface area (Å²) in [7, 11) is 0. The van der Waals surface area contributed by atoms with Crippen LogP contribution >= 0.6 is 0 Å². The molecule has 1 rings (SSSR count). The zero-order valence-corrected chi connectivity index (χ0v) is 9.70. The van der Waals surface area contributed by atoms with E-state index in [0.717, 1.165) is 18.9 Å². The minimum absolute atomic E-state index is 0.191. The predicted molar refractivity (Wildman–Crippen MR) is 63.0 cm³/mol. The van der Waals surface area contributed by atoms with Gasteiger partial charge in [0.05, 0.1) is 12.8 Å². The third kappa shape index (κ3) is 4.98. The van der Waals surface area contributed by atoms with Crippen LogP contribution in [0.4, 0.5) is 0 Å². The maximum atomic E-state index is 7.23. The molecule has 15 heavy (non-hydrogen) atoms. The SMILES string of the molecule is CC(N)C(C)C/C=C(\C=N)OCC1CC1. The smallest absolute Gasteiger partial charge is 0.132 e. The summed E-state index contributed by atoms with van der Waals surface area (Å²) in [6.07, 6.45) is 6.70. The Balaban J connectivity index is 2.28. The summed E-state index contributed by atoms with van der Waals surface area (Å²) < 4.78 is 5.52. The molecule has 1 saturated carbocycles. The van der Waals surface area contributed by atoms with Crippen molar-refractivity contribution in [1.82, 2.24) is 0 Å². The van der Waals surface area contributed by atoms with Crippen LogP contribution < -0.4 is 5.73 Å². The predicted octanol–water partition coefficient (Wildman–Crippen LogP) is 2.32. The number of hydrogen-bond donors (Lipinski definition) is 2. The van der Waals surface area contributed by atoms with E-state index in [2.05, 4.69) is 6.92 Å². The van der Waals surface area contributed by atoms with E-state index in [1.165, 1.54) is 19.1 Å². The highest BCUT2D eigenvalue weighted by Gasteiger charge is 2.22. The molecule has 0 aliphatic heterocycles. The van der Waals surface area contributed by atoms with Gasteiger partial charge in [-0.3, -0.25) is 0 Å². The van der Waals surface area contributed by atoms with Gasteiger partial charge in [-0.25, -0.2) is 0 Å². The molecule has 3 heteroatoms. The fourth-order valence-electron chi connectivity index (χ4n) is 1.17. The van der Waals surface area contributed by atoms with Crippen LogP contribution in [0.25, 0.3) is 0 Å². The number of allylic oxidation sites excluding steroid dienone is 2. The van der Waals surface area contributed by atoms with Crippen molar-refractivity contribution in [2.24, 2.45) is 17.6 Å². The zero-order valence-electron chi connectivity index (χ0n) is 9.70. The van der Waals surface area contributed by atoms with Gasteiger partial charge in [0, 0.05) is 6.04 Å². The van der Waals surface area contributed by atoms with Gasteiger partial charge >= 0.3 is 0 Å². The second-order valence-electron chi connectivity index (χ2n) is 4.58. The lowest BCUT2D eigenvalue weighted by Gasteiger charge is -2.13. The molecule has 0 spiro atoms. The minimum Gasteiger partial charge on any atom is -0.492 e. The Bertz CT molecular complexity index is 232. The molecule has 0 saturated heterocycles. The van der Waals surface area contributed by atoms with Crippen LogP contribution in [0.3, 0.4) is 0 Å². The summed E-state index contributed by atoms with van der Waals surface area (Å²) in [6, 6.07) is 0.191. The van der Waals surface area contributed by atoms with E-state index in [1.807, 2.05) is 13.0 Å². The maximum Gasteiger partial charge on any atom is 0.132 e. The summed E-state index contributed by atoms with van der Waals surface area (Å²) in [5.41, 5.74) is 5.77. The number of ether oxygens (including phenoxy) is 1. The van der Waals surface area contributed by atoms with Gasteiger partial charge in [0.1, 0.15) is 5.76 Å². The standard InChI is InChI=1S/C12H22N2O/c1-9(10(2)14)3-6-12(7-13)15-8-11-4-5-11/h6-7,9-11,13H,3-5,8,14H2,1-2H3/b12-6+,13-7?. The third-order valence-corrected chi connectivity index (χ3v) is 2.91. The lowest BCUT2D eigenvalue weighted by Crippen LogP contribution is -2.23. The molecule has 1 fully saturated rings. The second kappa shape index (κ2) is 5.91. The quantitative estimate of drug-likeness (QED) is 0.500. The monoisotopic (exact) mass is 210 g/mol. The lowest BCUT2D eigenvalue weighted by atomic mass is 10.0. The Morgan fingerprint density at radius 3 is 2.67 bits per heavy atom. The van der Waals surface area contributed by atoms with Crippen molar-refractivity contribution < 1.29 is 4.74 Å². The lowest BCUT2D eigenvalue weighted by molar-refractivity contribution is 0.216. The number of hydrogen-bond acceptors (Lipinski definition) is 3. The molecule has 86 valence electrons. The Kier molecular flexibility index (Phi) is 4.82. The number of nitrogens with one attached hydrogen (secondary N) is 1. The molecule has 0 aromatic carbocycles. The van der Waals surface area contributed by atoms with Gasteiger partial charge in [0.15, 0.2) is 0 Å². The van der Waals surface area contributed by atoms with Gasteiger partial charge in [-0.2, -0.15) is 0 Å². The average Bonchev–Trinajstić information content (AvgIpc) is 3.01. The summed E-state index contributed by atoms with van der Waals surface area (Å²) in [5, 5.41) is 7.23. The molecular formula is C12H22N2O. The van der Waals surface area contributed by atoms with E-state index in [1.54, 1.807) is 0 Å². The number of rotatable bonds is 7. The first-order valence-electron chi connectivity index (χ1n) is 5.72. The van der Waals surface area contributed by atoms with E-state index in [0.29, 0.717) is 11.7 Å². The first-order chi connectivity index (χ1) is 7.13. The van der Waals surface area contributed by atoms with Crippen molar-refractivity contribution in [3.8, 4) is 0 Å². The summed E-state index contributed by atoms with van der Waals surface area (Å²) in [6.45, 7) is 4.89. The highest BCUT2D eigenvalue weighted by molar-refractivity contribution is 5.72. The van der Waals surface area contributed by atoms with Crippen LogP contribution in [0.15, 0.2) is 11.8 Å². The van der Waals surface area contributed by atoms with Crippen molar-refractivity contribution in [1.29, 1.82) is 5.41 Å². The topological polar surface area (TPSA) is 59.1 Å². The molecule has 2 atom stereocenters. The normalized spacial score (nSPS) is 20.9.